The standard InChI is InChI=1S/C27H31FN8O3/c1-3-36-25-22-20(29-15-30-25)12-17(23(28)24(22)33-27(36)38)13-34-7-9-35(10-8-34)21-5-4-19(31-16(21)2)26(37)32-18-6-11-39-14-18/h4-5,12,15,18H,3,6-11,13-14H2,1-2H3,(H,32,37)(H,33,38)/t18-/m0/s1. The smallest absolute Gasteiger partial charge is 0.327 e. The zero-order valence-corrected chi connectivity index (χ0v) is 22.0. The van der Waals surface area contributed by atoms with Gasteiger partial charge in [0.2, 0.25) is 0 Å². The van der Waals surface area contributed by atoms with Crippen molar-refractivity contribution in [1.82, 2.24) is 25.2 Å². The second-order valence-electron chi connectivity index (χ2n) is 10.1. The minimum atomic E-state index is -0.442. The molecule has 0 spiro atoms. The van der Waals surface area contributed by atoms with E-state index in [9.17, 15) is 9.59 Å². The van der Waals surface area contributed by atoms with Crippen molar-refractivity contribution >= 4 is 40.0 Å². The Labute approximate surface area is 225 Å². The summed E-state index contributed by atoms with van der Waals surface area (Å²) in [4.78, 5) is 44.2. The van der Waals surface area contributed by atoms with Crippen LogP contribution in [0.1, 0.15) is 35.1 Å². The molecule has 2 N–H and O–H groups in total. The number of aromatic nitrogens is 3. The fourth-order valence-corrected chi connectivity index (χ4v) is 5.55. The number of amides is 3. The summed E-state index contributed by atoms with van der Waals surface area (Å²) >= 11 is 0. The monoisotopic (exact) mass is 534 g/mol. The number of hydrogen-bond donors (Lipinski definition) is 2. The molecule has 0 aliphatic carbocycles. The van der Waals surface area contributed by atoms with Crippen LogP contribution < -0.4 is 20.4 Å². The Morgan fingerprint density at radius 3 is 2.77 bits per heavy atom. The number of halogens is 1. The van der Waals surface area contributed by atoms with Crippen LogP contribution in [-0.4, -0.2) is 83.8 Å². The molecule has 2 fully saturated rings. The van der Waals surface area contributed by atoms with Crippen LogP contribution in [0, 0.1) is 12.7 Å². The molecule has 0 unspecified atom stereocenters. The first-order valence-electron chi connectivity index (χ1n) is 13.3. The molecule has 2 saturated heterocycles. The summed E-state index contributed by atoms with van der Waals surface area (Å²) in [7, 11) is 0. The Bertz CT molecular complexity index is 1440. The molecule has 3 amide bonds. The Hall–Kier alpha value is -3.90. The Morgan fingerprint density at radius 2 is 2.05 bits per heavy atom. The van der Waals surface area contributed by atoms with Gasteiger partial charge >= 0.3 is 6.03 Å². The molecule has 0 saturated carbocycles. The zero-order chi connectivity index (χ0) is 27.1. The number of carbonyl (C=O) groups is 2. The maximum absolute atomic E-state index is 15.6. The molecule has 1 aromatic carbocycles. The molecule has 3 aliphatic heterocycles. The molecule has 6 rings (SSSR count). The van der Waals surface area contributed by atoms with Gasteiger partial charge in [-0.15, -0.1) is 0 Å². The average Bonchev–Trinajstić information content (AvgIpc) is 3.45. The number of piperazine rings is 1. The van der Waals surface area contributed by atoms with E-state index in [0.717, 1.165) is 44.0 Å². The number of anilines is 3. The third-order valence-electron chi connectivity index (χ3n) is 7.63. The SMILES string of the molecule is CCN1C(=O)Nc2c(F)c(CN3CCN(c4ccc(C(=O)N[C@H]5CCOC5)nc4C)CC3)cc3ncnc1c23. The van der Waals surface area contributed by atoms with E-state index in [4.69, 9.17) is 4.74 Å². The third-order valence-corrected chi connectivity index (χ3v) is 7.63. The van der Waals surface area contributed by atoms with Crippen LogP contribution in [0.15, 0.2) is 24.5 Å². The number of benzene rings is 1. The van der Waals surface area contributed by atoms with E-state index >= 15 is 4.39 Å². The van der Waals surface area contributed by atoms with E-state index in [1.54, 1.807) is 12.1 Å². The van der Waals surface area contributed by atoms with Gasteiger partial charge in [-0.3, -0.25) is 14.6 Å². The first-order valence-corrected chi connectivity index (χ1v) is 13.3. The van der Waals surface area contributed by atoms with Gasteiger partial charge in [-0.25, -0.2) is 24.1 Å². The number of pyridine rings is 1. The lowest BCUT2D eigenvalue weighted by molar-refractivity contribution is 0.0924. The topological polar surface area (TPSA) is 116 Å². The average molecular weight is 535 g/mol. The molecule has 1 atom stereocenters. The van der Waals surface area contributed by atoms with Gasteiger partial charge in [-0.05, 0) is 38.5 Å². The van der Waals surface area contributed by atoms with Gasteiger partial charge in [0, 0.05) is 51.4 Å². The summed E-state index contributed by atoms with van der Waals surface area (Å²) in [5.41, 5.74) is 3.43. The highest BCUT2D eigenvalue weighted by Gasteiger charge is 2.30. The van der Waals surface area contributed by atoms with Crippen molar-refractivity contribution in [3.05, 3.63) is 47.3 Å². The van der Waals surface area contributed by atoms with E-state index in [0.29, 0.717) is 54.3 Å². The summed E-state index contributed by atoms with van der Waals surface area (Å²) in [6.45, 7) is 8.72. The molecule has 3 aromatic rings. The number of urea groups is 1. The van der Waals surface area contributed by atoms with Crippen LogP contribution in [0.2, 0.25) is 0 Å². The van der Waals surface area contributed by atoms with Gasteiger partial charge < -0.3 is 20.3 Å². The predicted octanol–water partition coefficient (Wildman–Crippen LogP) is 2.69. The van der Waals surface area contributed by atoms with E-state index in [2.05, 4.69) is 35.4 Å². The lowest BCUT2D eigenvalue weighted by atomic mass is 10.1. The number of aryl methyl sites for hydroxylation is 1. The van der Waals surface area contributed by atoms with Crippen LogP contribution in [0.3, 0.4) is 0 Å². The van der Waals surface area contributed by atoms with Crippen molar-refractivity contribution in [3.8, 4) is 0 Å². The molecule has 2 aromatic heterocycles. The second-order valence-corrected chi connectivity index (χ2v) is 10.1. The van der Waals surface area contributed by atoms with E-state index < -0.39 is 11.8 Å². The van der Waals surface area contributed by atoms with Crippen LogP contribution in [-0.2, 0) is 11.3 Å². The van der Waals surface area contributed by atoms with Gasteiger partial charge in [0.1, 0.15) is 17.8 Å². The highest BCUT2D eigenvalue weighted by atomic mass is 19.1. The molecule has 39 heavy (non-hydrogen) atoms. The fourth-order valence-electron chi connectivity index (χ4n) is 5.55. The van der Waals surface area contributed by atoms with Crippen molar-refractivity contribution in [2.45, 2.75) is 32.9 Å². The maximum Gasteiger partial charge on any atom is 0.327 e. The van der Waals surface area contributed by atoms with Crippen molar-refractivity contribution in [2.24, 2.45) is 0 Å². The van der Waals surface area contributed by atoms with Gasteiger partial charge in [0.15, 0.2) is 5.82 Å². The van der Waals surface area contributed by atoms with Crippen LogP contribution in [0.5, 0.6) is 0 Å². The van der Waals surface area contributed by atoms with Crippen molar-refractivity contribution < 1.29 is 18.7 Å². The minimum absolute atomic E-state index is 0.0375. The van der Waals surface area contributed by atoms with Gasteiger partial charge in [-0.2, -0.15) is 0 Å². The molecule has 0 radical (unpaired) electrons. The van der Waals surface area contributed by atoms with Crippen LogP contribution in [0.4, 0.5) is 26.4 Å². The van der Waals surface area contributed by atoms with E-state index in [1.165, 1.54) is 11.2 Å². The highest BCUT2D eigenvalue weighted by molar-refractivity contribution is 6.17. The molecular weight excluding hydrogens is 503 g/mol. The first-order chi connectivity index (χ1) is 18.9. The van der Waals surface area contributed by atoms with Crippen molar-refractivity contribution in [1.29, 1.82) is 0 Å². The molecular formula is C27H31FN8O3. The van der Waals surface area contributed by atoms with Crippen LogP contribution in [0.25, 0.3) is 10.9 Å². The molecule has 204 valence electrons. The largest absolute Gasteiger partial charge is 0.379 e. The quantitative estimate of drug-likeness (QED) is 0.496. The molecule has 0 bridgehead atoms. The van der Waals surface area contributed by atoms with Gasteiger partial charge in [-0.1, -0.05) is 0 Å². The number of nitrogens with one attached hydrogen (secondary N) is 2. The summed E-state index contributed by atoms with van der Waals surface area (Å²) in [5.74, 6) is -0.194. The molecule has 3 aliphatic rings. The lowest BCUT2D eigenvalue weighted by Gasteiger charge is -2.37. The number of rotatable bonds is 6. The summed E-state index contributed by atoms with van der Waals surface area (Å²) in [6, 6.07) is 5.11. The van der Waals surface area contributed by atoms with Gasteiger partial charge in [0.05, 0.1) is 40.6 Å². The summed E-state index contributed by atoms with van der Waals surface area (Å²) in [5, 5.41) is 6.21. The van der Waals surface area contributed by atoms with Crippen molar-refractivity contribution in [2.75, 3.05) is 61.1 Å². The highest BCUT2D eigenvalue weighted by Crippen LogP contribution is 2.38. The molecule has 11 nitrogen and oxygen atoms in total. The number of ether oxygens (including phenoxy) is 1. The number of nitrogens with zero attached hydrogens (tertiary/aromatic N) is 6. The van der Waals surface area contributed by atoms with Crippen molar-refractivity contribution in [3.63, 3.8) is 0 Å². The van der Waals surface area contributed by atoms with E-state index in [1.807, 2.05) is 19.9 Å². The fraction of sp³-hybridized carbons (Fsp3) is 0.444. The molecule has 5 heterocycles. The molecule has 12 heteroatoms. The normalized spacial score (nSPS) is 19.5. The zero-order valence-electron chi connectivity index (χ0n) is 22.0. The predicted molar refractivity (Wildman–Crippen MR) is 145 cm³/mol. The summed E-state index contributed by atoms with van der Waals surface area (Å²) < 4.78 is 21.0. The lowest BCUT2D eigenvalue weighted by Crippen LogP contribution is -2.46. The minimum Gasteiger partial charge on any atom is -0.379 e. The van der Waals surface area contributed by atoms with Gasteiger partial charge in [0.25, 0.3) is 5.91 Å². The number of carbonyl (C=O) groups excluding carboxylic acids is 2. The summed E-state index contributed by atoms with van der Waals surface area (Å²) in [6.07, 6.45) is 2.23. The Balaban J connectivity index is 1.13. The Kier molecular flexibility index (Phi) is 6.73. The Morgan fingerprint density at radius 1 is 1.23 bits per heavy atom. The van der Waals surface area contributed by atoms with E-state index in [-0.39, 0.29) is 17.6 Å². The first kappa shape index (κ1) is 25.4. The second kappa shape index (κ2) is 10.3. The van der Waals surface area contributed by atoms with Crippen LogP contribution >= 0.6 is 0 Å². The third kappa shape index (κ3) is 4.74. The number of hydrogen-bond acceptors (Lipinski definition) is 8. The maximum atomic E-state index is 15.6.